The molecule has 0 saturated heterocycles. The van der Waals surface area contributed by atoms with Crippen LogP contribution in [0.15, 0.2) is 29.4 Å². The number of terminal acetylenes is 1. The van der Waals surface area contributed by atoms with E-state index in [2.05, 4.69) is 11.1 Å². The van der Waals surface area contributed by atoms with Crippen LogP contribution < -0.4 is 0 Å². The van der Waals surface area contributed by atoms with Crippen LogP contribution >= 0.6 is 0 Å². The minimum Gasteiger partial charge on any atom is -0.410 e. The Morgan fingerprint density at radius 2 is 1.80 bits per heavy atom. The minimum atomic E-state index is -4.69. The molecule has 1 aromatic rings. The molecule has 0 radical (unpaired) electrons. The molecule has 1 aromatic carbocycles. The van der Waals surface area contributed by atoms with E-state index in [1.165, 1.54) is 12.1 Å². The van der Waals surface area contributed by atoms with Crippen molar-refractivity contribution in [2.75, 3.05) is 0 Å². The average Bonchev–Trinajstić information content (AvgIpc) is 2.18. The van der Waals surface area contributed by atoms with Crippen molar-refractivity contribution in [2.24, 2.45) is 5.16 Å². The first kappa shape index (κ1) is 11.1. The lowest BCUT2D eigenvalue weighted by atomic mass is 10.1. The molecular formula is C10H6F3NO. The van der Waals surface area contributed by atoms with Gasteiger partial charge in [0.05, 0.1) is 0 Å². The summed E-state index contributed by atoms with van der Waals surface area (Å²) < 4.78 is 36.8. The lowest BCUT2D eigenvalue weighted by Gasteiger charge is -2.08. The Hall–Kier alpha value is -1.96. The van der Waals surface area contributed by atoms with E-state index in [1.807, 2.05) is 0 Å². The third-order valence-electron chi connectivity index (χ3n) is 1.69. The summed E-state index contributed by atoms with van der Waals surface area (Å²) in [7, 11) is 0. The van der Waals surface area contributed by atoms with Gasteiger partial charge in [-0.05, 0) is 12.1 Å². The predicted molar refractivity (Wildman–Crippen MR) is 48.8 cm³/mol. The van der Waals surface area contributed by atoms with E-state index in [0.29, 0.717) is 5.56 Å². The highest BCUT2D eigenvalue weighted by molar-refractivity contribution is 6.04. The van der Waals surface area contributed by atoms with Crippen molar-refractivity contribution >= 4 is 5.71 Å². The number of rotatable bonds is 1. The Morgan fingerprint density at radius 3 is 2.13 bits per heavy atom. The first-order valence-corrected chi connectivity index (χ1v) is 3.85. The highest BCUT2D eigenvalue weighted by Crippen LogP contribution is 2.22. The van der Waals surface area contributed by atoms with E-state index in [0.717, 1.165) is 12.1 Å². The maximum Gasteiger partial charge on any atom is 0.437 e. The normalized spacial score (nSPS) is 12.3. The third kappa shape index (κ3) is 2.50. The van der Waals surface area contributed by atoms with Gasteiger partial charge in [-0.2, -0.15) is 13.2 Å². The van der Waals surface area contributed by atoms with E-state index in [-0.39, 0.29) is 5.56 Å². The van der Waals surface area contributed by atoms with Gasteiger partial charge in [-0.1, -0.05) is 23.2 Å². The van der Waals surface area contributed by atoms with Crippen molar-refractivity contribution in [1.82, 2.24) is 0 Å². The van der Waals surface area contributed by atoms with E-state index in [4.69, 9.17) is 11.6 Å². The number of hydrogen-bond donors (Lipinski definition) is 1. The monoisotopic (exact) mass is 213 g/mol. The standard InChI is InChI=1S/C10H6F3NO/c1-2-7-3-5-8(6-4-7)9(14-15)10(11,12)13/h1,3-6,15H/b14-9-. The van der Waals surface area contributed by atoms with E-state index in [1.54, 1.807) is 0 Å². The van der Waals surface area contributed by atoms with Gasteiger partial charge in [0, 0.05) is 11.1 Å². The molecule has 0 atom stereocenters. The van der Waals surface area contributed by atoms with Crippen molar-refractivity contribution in [3.05, 3.63) is 35.4 Å². The second kappa shape index (κ2) is 4.05. The highest BCUT2D eigenvalue weighted by atomic mass is 19.4. The molecule has 1 N–H and O–H groups in total. The molecule has 0 bridgehead atoms. The van der Waals surface area contributed by atoms with Gasteiger partial charge < -0.3 is 5.21 Å². The van der Waals surface area contributed by atoms with Gasteiger partial charge >= 0.3 is 6.18 Å². The summed E-state index contributed by atoms with van der Waals surface area (Å²) in [5, 5.41) is 10.5. The van der Waals surface area contributed by atoms with Crippen molar-refractivity contribution in [1.29, 1.82) is 0 Å². The Bertz CT molecular complexity index is 412. The fourth-order valence-electron chi connectivity index (χ4n) is 1.00. The maximum atomic E-state index is 12.3. The predicted octanol–water partition coefficient (Wildman–Crippen LogP) is 2.41. The fourth-order valence-corrected chi connectivity index (χ4v) is 1.00. The summed E-state index contributed by atoms with van der Waals surface area (Å²) >= 11 is 0. The Morgan fingerprint density at radius 1 is 1.27 bits per heavy atom. The van der Waals surface area contributed by atoms with Crippen LogP contribution in [-0.2, 0) is 0 Å². The Labute approximate surface area is 84.0 Å². The molecule has 0 fully saturated rings. The zero-order valence-corrected chi connectivity index (χ0v) is 7.42. The van der Waals surface area contributed by atoms with Gasteiger partial charge in [-0.15, -0.1) is 6.42 Å². The Balaban J connectivity index is 3.12. The number of oxime groups is 1. The Kier molecular flexibility index (Phi) is 3.00. The fraction of sp³-hybridized carbons (Fsp3) is 0.100. The van der Waals surface area contributed by atoms with Crippen LogP contribution in [0.4, 0.5) is 13.2 Å². The molecule has 0 saturated carbocycles. The molecule has 0 amide bonds. The topological polar surface area (TPSA) is 32.6 Å². The first-order valence-electron chi connectivity index (χ1n) is 3.85. The molecular weight excluding hydrogens is 207 g/mol. The van der Waals surface area contributed by atoms with Crippen molar-refractivity contribution in [2.45, 2.75) is 6.18 Å². The molecule has 2 nitrogen and oxygen atoms in total. The number of nitrogens with zero attached hydrogens (tertiary/aromatic N) is 1. The number of hydrogen-bond acceptors (Lipinski definition) is 2. The summed E-state index contributed by atoms with van der Waals surface area (Å²) in [6, 6.07) is 4.98. The summed E-state index contributed by atoms with van der Waals surface area (Å²) in [6.45, 7) is 0. The van der Waals surface area contributed by atoms with Crippen LogP contribution in [0.5, 0.6) is 0 Å². The van der Waals surface area contributed by atoms with Crippen LogP contribution in [0, 0.1) is 12.3 Å². The van der Waals surface area contributed by atoms with Gasteiger partial charge in [0.15, 0.2) is 5.71 Å². The van der Waals surface area contributed by atoms with Crippen LogP contribution in [-0.4, -0.2) is 17.1 Å². The molecule has 0 aromatic heterocycles. The lowest BCUT2D eigenvalue weighted by Crippen LogP contribution is -2.23. The van der Waals surface area contributed by atoms with E-state index in [9.17, 15) is 13.2 Å². The molecule has 1 rings (SSSR count). The lowest BCUT2D eigenvalue weighted by molar-refractivity contribution is -0.0601. The van der Waals surface area contributed by atoms with Crippen molar-refractivity contribution in [3.63, 3.8) is 0 Å². The third-order valence-corrected chi connectivity index (χ3v) is 1.69. The summed E-state index contributed by atoms with van der Waals surface area (Å²) in [6.07, 6.45) is 0.354. The summed E-state index contributed by atoms with van der Waals surface area (Å²) in [5.74, 6) is 2.27. The second-order valence-electron chi connectivity index (χ2n) is 2.67. The van der Waals surface area contributed by atoms with Crippen LogP contribution in [0.1, 0.15) is 11.1 Å². The highest BCUT2D eigenvalue weighted by Gasteiger charge is 2.37. The van der Waals surface area contributed by atoms with Gasteiger partial charge in [0.2, 0.25) is 0 Å². The van der Waals surface area contributed by atoms with Crippen molar-refractivity contribution in [3.8, 4) is 12.3 Å². The minimum absolute atomic E-state index is 0.232. The van der Waals surface area contributed by atoms with Gasteiger partial charge in [-0.3, -0.25) is 0 Å². The zero-order valence-electron chi connectivity index (χ0n) is 7.42. The van der Waals surface area contributed by atoms with Crippen LogP contribution in [0.25, 0.3) is 0 Å². The molecule has 0 spiro atoms. The summed E-state index contributed by atoms with van der Waals surface area (Å²) in [4.78, 5) is 0. The van der Waals surface area contributed by atoms with Gasteiger partial charge in [0.1, 0.15) is 0 Å². The van der Waals surface area contributed by atoms with E-state index >= 15 is 0 Å². The summed E-state index contributed by atoms with van der Waals surface area (Å²) in [5.41, 5.74) is -1.12. The van der Waals surface area contributed by atoms with Gasteiger partial charge in [0.25, 0.3) is 0 Å². The van der Waals surface area contributed by atoms with Crippen LogP contribution in [0.2, 0.25) is 0 Å². The maximum absolute atomic E-state index is 12.3. The SMILES string of the molecule is C#Cc1ccc(/C(=N/O)C(F)(F)F)cc1. The first-order chi connectivity index (χ1) is 6.99. The average molecular weight is 213 g/mol. The van der Waals surface area contributed by atoms with E-state index < -0.39 is 11.9 Å². The molecule has 0 heterocycles. The molecule has 0 unspecified atom stereocenters. The molecule has 78 valence electrons. The quantitative estimate of drug-likeness (QED) is 0.330. The zero-order chi connectivity index (χ0) is 11.5. The molecule has 0 aliphatic carbocycles. The number of benzene rings is 1. The second-order valence-corrected chi connectivity index (χ2v) is 2.67. The smallest absolute Gasteiger partial charge is 0.410 e. The number of alkyl halides is 3. The molecule has 5 heteroatoms. The molecule has 15 heavy (non-hydrogen) atoms. The molecule has 0 aliphatic heterocycles. The largest absolute Gasteiger partial charge is 0.437 e. The van der Waals surface area contributed by atoms with Gasteiger partial charge in [-0.25, -0.2) is 0 Å². The van der Waals surface area contributed by atoms with Crippen molar-refractivity contribution < 1.29 is 18.4 Å². The molecule has 0 aliphatic rings. The number of halogens is 3. The van der Waals surface area contributed by atoms with Crippen LogP contribution in [0.3, 0.4) is 0 Å².